The van der Waals surface area contributed by atoms with Crippen LogP contribution in [0.5, 0.6) is 0 Å². The minimum Gasteiger partial charge on any atom is -0.394 e. The monoisotopic (exact) mass is 262 g/mol. The van der Waals surface area contributed by atoms with Crippen molar-refractivity contribution in [2.75, 3.05) is 31.1 Å². The highest BCUT2D eigenvalue weighted by atomic mass is 16.3. The molecule has 0 radical (unpaired) electrons. The molecule has 0 spiro atoms. The van der Waals surface area contributed by atoms with Gasteiger partial charge in [0, 0.05) is 25.3 Å². The number of para-hydroxylation sites is 1. The van der Waals surface area contributed by atoms with Gasteiger partial charge in [-0.05, 0) is 23.5 Å². The van der Waals surface area contributed by atoms with Gasteiger partial charge in [0.2, 0.25) is 0 Å². The maximum Gasteiger partial charge on any atom is 0.0647 e. The summed E-state index contributed by atoms with van der Waals surface area (Å²) in [4.78, 5) is 2.39. The second kappa shape index (κ2) is 5.93. The minimum absolute atomic E-state index is 0.162. The molecule has 2 rings (SSSR count). The van der Waals surface area contributed by atoms with E-state index < -0.39 is 0 Å². The van der Waals surface area contributed by atoms with Crippen molar-refractivity contribution in [2.45, 2.75) is 33.2 Å². The molecular weight excluding hydrogens is 236 g/mol. The third kappa shape index (κ3) is 3.28. The summed E-state index contributed by atoms with van der Waals surface area (Å²) in [7, 11) is 0. The Morgan fingerprint density at radius 1 is 1.37 bits per heavy atom. The molecular formula is C16H26N2O. The number of anilines is 1. The number of aryl methyl sites for hydroxylation is 1. The van der Waals surface area contributed by atoms with Crippen molar-refractivity contribution >= 4 is 5.69 Å². The standard InChI is InChI=1S/C16H26N2O/c1-4-13-7-5-6-8-15(13)18-12-16(2,3)11-17-9-14(18)10-19/h5-8,14,17,19H,4,9-12H2,1-3H3. The molecule has 19 heavy (non-hydrogen) atoms. The predicted octanol–water partition coefficient (Wildman–Crippen LogP) is 2.05. The van der Waals surface area contributed by atoms with Crippen LogP contribution in [0.4, 0.5) is 5.69 Å². The van der Waals surface area contributed by atoms with E-state index in [-0.39, 0.29) is 18.1 Å². The molecule has 0 amide bonds. The van der Waals surface area contributed by atoms with Crippen LogP contribution in [0.15, 0.2) is 24.3 Å². The van der Waals surface area contributed by atoms with Gasteiger partial charge in [0.05, 0.1) is 12.6 Å². The number of rotatable bonds is 3. The molecule has 0 aliphatic carbocycles. The second-order valence-electron chi connectivity index (χ2n) is 6.24. The molecule has 1 heterocycles. The van der Waals surface area contributed by atoms with Gasteiger partial charge in [0.25, 0.3) is 0 Å². The number of aliphatic hydroxyl groups excluding tert-OH is 1. The van der Waals surface area contributed by atoms with Gasteiger partial charge in [-0.25, -0.2) is 0 Å². The zero-order valence-electron chi connectivity index (χ0n) is 12.3. The van der Waals surface area contributed by atoms with Gasteiger partial charge in [-0.3, -0.25) is 0 Å². The summed E-state index contributed by atoms with van der Waals surface area (Å²) in [5.41, 5.74) is 2.85. The van der Waals surface area contributed by atoms with Crippen LogP contribution in [0.25, 0.3) is 0 Å². The quantitative estimate of drug-likeness (QED) is 0.875. The Kier molecular flexibility index (Phi) is 4.48. The maximum atomic E-state index is 9.70. The Balaban J connectivity index is 2.36. The summed E-state index contributed by atoms with van der Waals surface area (Å²) in [6, 6.07) is 8.72. The third-order valence-electron chi connectivity index (χ3n) is 3.92. The number of hydrogen-bond donors (Lipinski definition) is 2. The third-order valence-corrected chi connectivity index (χ3v) is 3.92. The van der Waals surface area contributed by atoms with E-state index in [0.29, 0.717) is 0 Å². The molecule has 1 fully saturated rings. The van der Waals surface area contributed by atoms with Crippen LogP contribution in [0.1, 0.15) is 26.3 Å². The Hall–Kier alpha value is -1.06. The average Bonchev–Trinajstić information content (AvgIpc) is 2.56. The summed E-state index contributed by atoms with van der Waals surface area (Å²) in [5, 5.41) is 13.2. The highest BCUT2D eigenvalue weighted by Gasteiger charge is 2.30. The van der Waals surface area contributed by atoms with Crippen LogP contribution in [-0.4, -0.2) is 37.4 Å². The van der Waals surface area contributed by atoms with Gasteiger partial charge in [0.15, 0.2) is 0 Å². The summed E-state index contributed by atoms with van der Waals surface area (Å²) < 4.78 is 0. The first kappa shape index (κ1) is 14.4. The number of benzene rings is 1. The Labute approximate surface area is 116 Å². The second-order valence-corrected chi connectivity index (χ2v) is 6.24. The molecule has 1 atom stereocenters. The van der Waals surface area contributed by atoms with Gasteiger partial charge >= 0.3 is 0 Å². The molecule has 1 aliphatic rings. The lowest BCUT2D eigenvalue weighted by atomic mass is 9.92. The van der Waals surface area contributed by atoms with Gasteiger partial charge in [-0.2, -0.15) is 0 Å². The Morgan fingerprint density at radius 2 is 2.11 bits per heavy atom. The lowest BCUT2D eigenvalue weighted by Gasteiger charge is -2.36. The van der Waals surface area contributed by atoms with Crippen molar-refractivity contribution in [3.05, 3.63) is 29.8 Å². The van der Waals surface area contributed by atoms with Crippen LogP contribution < -0.4 is 10.2 Å². The smallest absolute Gasteiger partial charge is 0.0647 e. The van der Waals surface area contributed by atoms with Crippen LogP contribution >= 0.6 is 0 Å². The van der Waals surface area contributed by atoms with E-state index in [1.54, 1.807) is 0 Å². The van der Waals surface area contributed by atoms with Gasteiger partial charge < -0.3 is 15.3 Å². The zero-order valence-corrected chi connectivity index (χ0v) is 12.3. The van der Waals surface area contributed by atoms with E-state index in [1.807, 2.05) is 0 Å². The average molecular weight is 262 g/mol. The lowest BCUT2D eigenvalue weighted by Crippen LogP contribution is -2.44. The molecule has 1 saturated heterocycles. The van der Waals surface area contributed by atoms with Crippen molar-refractivity contribution < 1.29 is 5.11 Å². The van der Waals surface area contributed by atoms with E-state index in [1.165, 1.54) is 11.3 Å². The first-order chi connectivity index (χ1) is 9.07. The van der Waals surface area contributed by atoms with E-state index >= 15 is 0 Å². The molecule has 3 nitrogen and oxygen atoms in total. The molecule has 0 saturated carbocycles. The number of nitrogens with zero attached hydrogens (tertiary/aromatic N) is 1. The number of hydrogen-bond acceptors (Lipinski definition) is 3. The highest BCUT2D eigenvalue weighted by Crippen LogP contribution is 2.28. The van der Waals surface area contributed by atoms with Crippen molar-refractivity contribution in [1.29, 1.82) is 0 Å². The van der Waals surface area contributed by atoms with Crippen LogP contribution in [0, 0.1) is 5.41 Å². The molecule has 1 aliphatic heterocycles. The summed E-state index contributed by atoms with van der Waals surface area (Å²) in [5.74, 6) is 0. The van der Waals surface area contributed by atoms with E-state index in [4.69, 9.17) is 0 Å². The van der Waals surface area contributed by atoms with Crippen LogP contribution in [0.3, 0.4) is 0 Å². The maximum absolute atomic E-state index is 9.70. The fourth-order valence-electron chi connectivity index (χ4n) is 2.87. The first-order valence-electron chi connectivity index (χ1n) is 7.23. The number of nitrogens with one attached hydrogen (secondary N) is 1. The zero-order chi connectivity index (χ0) is 13.9. The van der Waals surface area contributed by atoms with Crippen molar-refractivity contribution in [3.8, 4) is 0 Å². The summed E-state index contributed by atoms with van der Waals surface area (Å²) in [6.45, 7) is 9.76. The van der Waals surface area contributed by atoms with E-state index in [9.17, 15) is 5.11 Å². The van der Waals surface area contributed by atoms with Crippen LogP contribution in [0.2, 0.25) is 0 Å². The highest BCUT2D eigenvalue weighted by molar-refractivity contribution is 5.55. The molecule has 0 bridgehead atoms. The summed E-state index contributed by atoms with van der Waals surface area (Å²) in [6.07, 6.45) is 1.03. The molecule has 3 heteroatoms. The minimum atomic E-state index is 0.162. The summed E-state index contributed by atoms with van der Waals surface area (Å²) >= 11 is 0. The van der Waals surface area contributed by atoms with Crippen molar-refractivity contribution in [1.82, 2.24) is 5.32 Å². The van der Waals surface area contributed by atoms with Crippen molar-refractivity contribution in [2.24, 2.45) is 5.41 Å². The molecule has 1 unspecified atom stereocenters. The largest absolute Gasteiger partial charge is 0.394 e. The fourth-order valence-corrected chi connectivity index (χ4v) is 2.87. The van der Waals surface area contributed by atoms with E-state index in [0.717, 1.165) is 26.1 Å². The SMILES string of the molecule is CCc1ccccc1N1CC(C)(C)CNCC1CO. The Bertz CT molecular complexity index is 417. The fraction of sp³-hybridized carbons (Fsp3) is 0.625. The predicted molar refractivity (Wildman–Crippen MR) is 80.7 cm³/mol. The van der Waals surface area contributed by atoms with Crippen LogP contribution in [-0.2, 0) is 6.42 Å². The van der Waals surface area contributed by atoms with Crippen molar-refractivity contribution in [3.63, 3.8) is 0 Å². The lowest BCUT2D eigenvalue weighted by molar-refractivity contribution is 0.258. The van der Waals surface area contributed by atoms with Gasteiger partial charge in [-0.1, -0.05) is 39.0 Å². The van der Waals surface area contributed by atoms with Gasteiger partial charge in [-0.15, -0.1) is 0 Å². The van der Waals surface area contributed by atoms with E-state index in [2.05, 4.69) is 55.3 Å². The Morgan fingerprint density at radius 3 is 2.79 bits per heavy atom. The number of aliphatic hydroxyl groups is 1. The molecule has 0 aromatic heterocycles. The molecule has 1 aromatic carbocycles. The topological polar surface area (TPSA) is 35.5 Å². The molecule has 1 aromatic rings. The normalized spacial score (nSPS) is 23.2. The van der Waals surface area contributed by atoms with Gasteiger partial charge in [0.1, 0.15) is 0 Å². The molecule has 106 valence electrons. The first-order valence-corrected chi connectivity index (χ1v) is 7.23. The molecule has 2 N–H and O–H groups in total.